The van der Waals surface area contributed by atoms with Gasteiger partial charge in [-0.05, 0) is 26.8 Å². The first kappa shape index (κ1) is 11.7. The highest BCUT2D eigenvalue weighted by molar-refractivity contribution is 5.92. The predicted molar refractivity (Wildman–Crippen MR) is 54.3 cm³/mol. The first-order chi connectivity index (χ1) is 5.99. The van der Waals surface area contributed by atoms with Crippen LogP contribution in [0.4, 0.5) is 0 Å². The molecule has 0 aromatic rings. The predicted octanol–water partition coefficient (Wildman–Crippen LogP) is 2.63. The van der Waals surface area contributed by atoms with Gasteiger partial charge < -0.3 is 4.74 Å². The molecule has 0 radical (unpaired) electrons. The van der Waals surface area contributed by atoms with E-state index in [1.807, 2.05) is 20.8 Å². The standard InChI is InChI=1S/C11H16O2/c1-8(2)6-7-10(9(3)4)11(12)13-5/h6-7H,1H2,2-5H3/b7-6-. The van der Waals surface area contributed by atoms with Crippen molar-refractivity contribution in [1.82, 2.24) is 0 Å². The molecule has 0 N–H and O–H groups in total. The van der Waals surface area contributed by atoms with Gasteiger partial charge in [-0.3, -0.25) is 0 Å². The fourth-order valence-electron chi connectivity index (χ4n) is 0.774. The third-order valence-corrected chi connectivity index (χ3v) is 1.48. The average Bonchev–Trinajstić information content (AvgIpc) is 2.03. The number of carbonyl (C=O) groups excluding carboxylic acids is 1. The molecule has 13 heavy (non-hydrogen) atoms. The number of methoxy groups -OCH3 is 1. The van der Waals surface area contributed by atoms with Crippen LogP contribution in [0.3, 0.4) is 0 Å². The Bertz CT molecular complexity index is 266. The van der Waals surface area contributed by atoms with Gasteiger partial charge in [0.25, 0.3) is 0 Å². The van der Waals surface area contributed by atoms with Gasteiger partial charge in [0, 0.05) is 0 Å². The lowest BCUT2D eigenvalue weighted by Crippen LogP contribution is -2.04. The van der Waals surface area contributed by atoms with Gasteiger partial charge in [-0.1, -0.05) is 23.8 Å². The van der Waals surface area contributed by atoms with Crippen LogP contribution < -0.4 is 0 Å². The van der Waals surface area contributed by atoms with E-state index in [0.717, 1.165) is 11.1 Å². The summed E-state index contributed by atoms with van der Waals surface area (Å²) in [6.07, 6.45) is 3.52. The van der Waals surface area contributed by atoms with E-state index in [9.17, 15) is 4.79 Å². The van der Waals surface area contributed by atoms with E-state index in [0.29, 0.717) is 5.57 Å². The highest BCUT2D eigenvalue weighted by atomic mass is 16.5. The molecule has 0 aliphatic rings. The van der Waals surface area contributed by atoms with Gasteiger partial charge in [0.05, 0.1) is 12.7 Å². The summed E-state index contributed by atoms with van der Waals surface area (Å²) in [5.74, 6) is -0.308. The topological polar surface area (TPSA) is 26.3 Å². The van der Waals surface area contributed by atoms with Crippen LogP contribution in [0, 0.1) is 0 Å². The monoisotopic (exact) mass is 180 g/mol. The second-order valence-electron chi connectivity index (χ2n) is 3.08. The summed E-state index contributed by atoms with van der Waals surface area (Å²) in [4.78, 5) is 11.2. The van der Waals surface area contributed by atoms with Crippen molar-refractivity contribution in [2.45, 2.75) is 20.8 Å². The molecule has 0 heterocycles. The van der Waals surface area contributed by atoms with Gasteiger partial charge >= 0.3 is 5.97 Å². The molecule has 0 amide bonds. The first-order valence-electron chi connectivity index (χ1n) is 4.08. The largest absolute Gasteiger partial charge is 0.465 e. The van der Waals surface area contributed by atoms with Crippen molar-refractivity contribution >= 4 is 5.97 Å². The zero-order valence-electron chi connectivity index (χ0n) is 8.68. The lowest BCUT2D eigenvalue weighted by molar-refractivity contribution is -0.135. The molecule has 0 aliphatic heterocycles. The number of hydrogen-bond acceptors (Lipinski definition) is 2. The Morgan fingerprint density at radius 3 is 2.08 bits per heavy atom. The first-order valence-corrected chi connectivity index (χ1v) is 4.08. The molecule has 2 nitrogen and oxygen atoms in total. The highest BCUT2D eigenvalue weighted by Crippen LogP contribution is 2.08. The number of allylic oxidation sites excluding steroid dienone is 3. The zero-order chi connectivity index (χ0) is 10.4. The van der Waals surface area contributed by atoms with Crippen molar-refractivity contribution in [2.75, 3.05) is 7.11 Å². The van der Waals surface area contributed by atoms with Gasteiger partial charge in [0.1, 0.15) is 0 Å². The van der Waals surface area contributed by atoms with Gasteiger partial charge in [0.2, 0.25) is 0 Å². The van der Waals surface area contributed by atoms with E-state index in [2.05, 4.69) is 11.3 Å². The Kier molecular flexibility index (Phi) is 4.82. The zero-order valence-corrected chi connectivity index (χ0v) is 8.68. The van der Waals surface area contributed by atoms with E-state index < -0.39 is 0 Å². The molecular weight excluding hydrogens is 164 g/mol. The van der Waals surface area contributed by atoms with Crippen molar-refractivity contribution < 1.29 is 9.53 Å². The van der Waals surface area contributed by atoms with E-state index in [1.54, 1.807) is 12.2 Å². The number of hydrogen-bond donors (Lipinski definition) is 0. The summed E-state index contributed by atoms with van der Waals surface area (Å²) >= 11 is 0. The Morgan fingerprint density at radius 1 is 1.23 bits per heavy atom. The summed E-state index contributed by atoms with van der Waals surface area (Å²) < 4.78 is 4.63. The molecule has 0 spiro atoms. The Hall–Kier alpha value is -1.31. The van der Waals surface area contributed by atoms with Gasteiger partial charge in [-0.2, -0.15) is 0 Å². The van der Waals surface area contributed by atoms with Crippen molar-refractivity contribution in [3.63, 3.8) is 0 Å². The fraction of sp³-hybridized carbons (Fsp3) is 0.364. The third kappa shape index (κ3) is 4.31. The molecular formula is C11H16O2. The second kappa shape index (κ2) is 5.36. The highest BCUT2D eigenvalue weighted by Gasteiger charge is 2.06. The van der Waals surface area contributed by atoms with E-state index in [-0.39, 0.29) is 5.97 Å². The molecule has 0 aromatic carbocycles. The number of ether oxygens (including phenoxy) is 1. The van der Waals surface area contributed by atoms with Crippen LogP contribution in [0.25, 0.3) is 0 Å². The Balaban J connectivity index is 4.77. The van der Waals surface area contributed by atoms with Crippen LogP contribution >= 0.6 is 0 Å². The minimum atomic E-state index is -0.308. The molecule has 0 saturated carbocycles. The molecule has 0 bridgehead atoms. The molecule has 0 rings (SSSR count). The molecule has 0 atom stereocenters. The van der Waals surface area contributed by atoms with Crippen molar-refractivity contribution in [3.8, 4) is 0 Å². The molecule has 72 valence electrons. The average molecular weight is 180 g/mol. The molecule has 0 fully saturated rings. The SMILES string of the molecule is C=C(C)/C=C\C(C(=O)OC)=C(C)C. The molecule has 0 saturated heterocycles. The number of carbonyl (C=O) groups is 1. The minimum absolute atomic E-state index is 0.308. The molecule has 0 aliphatic carbocycles. The number of esters is 1. The fourth-order valence-corrected chi connectivity index (χ4v) is 0.774. The van der Waals surface area contributed by atoms with Gasteiger partial charge in [0.15, 0.2) is 0 Å². The summed E-state index contributed by atoms with van der Waals surface area (Å²) in [5, 5.41) is 0. The summed E-state index contributed by atoms with van der Waals surface area (Å²) in [5.41, 5.74) is 2.43. The van der Waals surface area contributed by atoms with Crippen LogP contribution in [0.5, 0.6) is 0 Å². The van der Waals surface area contributed by atoms with Crippen LogP contribution in [0.2, 0.25) is 0 Å². The smallest absolute Gasteiger partial charge is 0.337 e. The van der Waals surface area contributed by atoms with Crippen LogP contribution in [-0.4, -0.2) is 13.1 Å². The lowest BCUT2D eigenvalue weighted by atomic mass is 10.1. The van der Waals surface area contributed by atoms with E-state index in [4.69, 9.17) is 0 Å². The molecule has 0 unspecified atom stereocenters. The summed E-state index contributed by atoms with van der Waals surface area (Å²) in [6.45, 7) is 9.32. The van der Waals surface area contributed by atoms with Crippen molar-refractivity contribution in [3.05, 3.63) is 35.5 Å². The molecule has 2 heteroatoms. The Morgan fingerprint density at radius 2 is 1.77 bits per heavy atom. The Labute approximate surface area is 79.6 Å². The maximum Gasteiger partial charge on any atom is 0.337 e. The van der Waals surface area contributed by atoms with Crippen molar-refractivity contribution in [2.24, 2.45) is 0 Å². The lowest BCUT2D eigenvalue weighted by Gasteiger charge is -2.01. The second-order valence-corrected chi connectivity index (χ2v) is 3.08. The normalized spacial score (nSPS) is 9.85. The van der Waals surface area contributed by atoms with E-state index in [1.165, 1.54) is 7.11 Å². The van der Waals surface area contributed by atoms with Crippen LogP contribution in [0.15, 0.2) is 35.5 Å². The maximum absolute atomic E-state index is 11.2. The van der Waals surface area contributed by atoms with E-state index >= 15 is 0 Å². The van der Waals surface area contributed by atoms with Gasteiger partial charge in [-0.25, -0.2) is 4.79 Å². The minimum Gasteiger partial charge on any atom is -0.465 e. The third-order valence-electron chi connectivity index (χ3n) is 1.48. The van der Waals surface area contributed by atoms with Crippen LogP contribution in [-0.2, 0) is 9.53 Å². The summed E-state index contributed by atoms with van der Waals surface area (Å²) in [7, 11) is 1.37. The number of rotatable bonds is 3. The summed E-state index contributed by atoms with van der Waals surface area (Å²) in [6, 6.07) is 0. The maximum atomic E-state index is 11.2. The van der Waals surface area contributed by atoms with Crippen LogP contribution in [0.1, 0.15) is 20.8 Å². The quantitative estimate of drug-likeness (QED) is 0.379. The molecule has 0 aromatic heterocycles. The van der Waals surface area contributed by atoms with Crippen molar-refractivity contribution in [1.29, 1.82) is 0 Å². The van der Waals surface area contributed by atoms with Gasteiger partial charge in [-0.15, -0.1) is 0 Å².